The summed E-state index contributed by atoms with van der Waals surface area (Å²) in [5, 5.41) is 14.3. The molecule has 0 aromatic carbocycles. The Morgan fingerprint density at radius 2 is 2.46 bits per heavy atom. The van der Waals surface area contributed by atoms with Gasteiger partial charge in [0.1, 0.15) is 0 Å². The number of aromatic nitrogens is 1. The minimum atomic E-state index is -0.728. The van der Waals surface area contributed by atoms with Crippen LogP contribution in [-0.2, 0) is 4.79 Å². The van der Waals surface area contributed by atoms with E-state index in [0.717, 1.165) is 18.1 Å². The van der Waals surface area contributed by atoms with Gasteiger partial charge in [0.25, 0.3) is 0 Å². The lowest BCUT2D eigenvalue weighted by Crippen LogP contribution is -2.02. The molecule has 72 valence electrons. The van der Waals surface area contributed by atoms with Crippen LogP contribution in [0, 0.1) is 0 Å². The Morgan fingerprint density at radius 1 is 1.62 bits per heavy atom. The first kappa shape index (κ1) is 9.98. The van der Waals surface area contributed by atoms with Crippen LogP contribution in [-0.4, -0.2) is 22.6 Å². The van der Waals surface area contributed by atoms with Crippen molar-refractivity contribution in [3.63, 3.8) is 0 Å². The largest absolute Gasteiger partial charge is 0.481 e. The van der Waals surface area contributed by atoms with Gasteiger partial charge in [-0.05, 0) is 12.8 Å². The van der Waals surface area contributed by atoms with E-state index in [9.17, 15) is 4.79 Å². The molecule has 4 nitrogen and oxygen atoms in total. The maximum absolute atomic E-state index is 10.2. The molecule has 0 saturated heterocycles. The zero-order chi connectivity index (χ0) is 9.52. The molecule has 0 aliphatic carbocycles. The van der Waals surface area contributed by atoms with E-state index in [-0.39, 0.29) is 6.42 Å². The molecular weight excluding hydrogens is 188 g/mol. The Morgan fingerprint density at radius 3 is 3.08 bits per heavy atom. The van der Waals surface area contributed by atoms with Gasteiger partial charge in [-0.3, -0.25) is 4.79 Å². The van der Waals surface area contributed by atoms with Gasteiger partial charge in [-0.15, -0.1) is 11.3 Å². The second kappa shape index (κ2) is 5.53. The Kier molecular flexibility index (Phi) is 4.25. The van der Waals surface area contributed by atoms with Crippen molar-refractivity contribution in [1.29, 1.82) is 0 Å². The maximum Gasteiger partial charge on any atom is 0.303 e. The van der Waals surface area contributed by atoms with Crippen molar-refractivity contribution in [2.75, 3.05) is 11.9 Å². The Balaban J connectivity index is 1.99. The van der Waals surface area contributed by atoms with Crippen molar-refractivity contribution in [3.8, 4) is 0 Å². The number of carbonyl (C=O) groups is 1. The number of unbranched alkanes of at least 4 members (excludes halogenated alkanes) is 1. The van der Waals surface area contributed by atoms with Crippen LogP contribution in [0.25, 0.3) is 0 Å². The number of hydrogen-bond acceptors (Lipinski definition) is 4. The lowest BCUT2D eigenvalue weighted by molar-refractivity contribution is -0.137. The van der Waals surface area contributed by atoms with E-state index in [0.29, 0.717) is 6.42 Å². The number of aliphatic carboxylic acids is 1. The normalized spacial score (nSPS) is 9.85. The van der Waals surface area contributed by atoms with Gasteiger partial charge in [-0.2, -0.15) is 0 Å². The highest BCUT2D eigenvalue weighted by atomic mass is 32.1. The summed E-state index contributed by atoms with van der Waals surface area (Å²) in [7, 11) is 0. The van der Waals surface area contributed by atoms with Gasteiger partial charge in [-0.25, -0.2) is 4.98 Å². The molecule has 0 aliphatic rings. The van der Waals surface area contributed by atoms with Gasteiger partial charge in [-0.1, -0.05) is 0 Å². The van der Waals surface area contributed by atoms with Crippen LogP contribution in [0.15, 0.2) is 11.6 Å². The Bertz CT molecular complexity index is 249. The fraction of sp³-hybridized carbons (Fsp3) is 0.500. The van der Waals surface area contributed by atoms with E-state index < -0.39 is 5.97 Å². The monoisotopic (exact) mass is 200 g/mol. The van der Waals surface area contributed by atoms with E-state index in [1.165, 1.54) is 0 Å². The molecule has 0 bridgehead atoms. The first-order valence-corrected chi connectivity index (χ1v) is 5.02. The topological polar surface area (TPSA) is 62.2 Å². The molecule has 13 heavy (non-hydrogen) atoms. The van der Waals surface area contributed by atoms with Crippen molar-refractivity contribution >= 4 is 22.4 Å². The van der Waals surface area contributed by atoms with Crippen LogP contribution >= 0.6 is 11.3 Å². The summed E-state index contributed by atoms with van der Waals surface area (Å²) in [6.45, 7) is 0.792. The molecule has 0 saturated carbocycles. The SMILES string of the molecule is O=C(O)CCCCNc1nccs1. The van der Waals surface area contributed by atoms with Gasteiger partial charge in [0.15, 0.2) is 5.13 Å². The van der Waals surface area contributed by atoms with Gasteiger partial charge in [0.2, 0.25) is 0 Å². The molecule has 1 aromatic rings. The van der Waals surface area contributed by atoms with Crippen molar-refractivity contribution in [2.45, 2.75) is 19.3 Å². The van der Waals surface area contributed by atoms with E-state index in [1.807, 2.05) is 5.38 Å². The summed E-state index contributed by atoms with van der Waals surface area (Å²) < 4.78 is 0. The summed E-state index contributed by atoms with van der Waals surface area (Å²) in [4.78, 5) is 14.2. The smallest absolute Gasteiger partial charge is 0.303 e. The van der Waals surface area contributed by atoms with Crippen LogP contribution in [0.1, 0.15) is 19.3 Å². The second-order valence-electron chi connectivity index (χ2n) is 2.61. The predicted molar refractivity (Wildman–Crippen MR) is 52.1 cm³/mol. The summed E-state index contributed by atoms with van der Waals surface area (Å²) in [6.07, 6.45) is 3.57. The molecule has 2 N–H and O–H groups in total. The lowest BCUT2D eigenvalue weighted by atomic mass is 10.2. The fourth-order valence-electron chi connectivity index (χ4n) is 0.907. The van der Waals surface area contributed by atoms with Crippen molar-refractivity contribution in [3.05, 3.63) is 11.6 Å². The summed E-state index contributed by atoms with van der Waals surface area (Å²) in [5.41, 5.74) is 0. The number of thiazole rings is 1. The third-order valence-electron chi connectivity index (χ3n) is 1.53. The fourth-order valence-corrected chi connectivity index (χ4v) is 1.47. The summed E-state index contributed by atoms with van der Waals surface area (Å²) in [5.74, 6) is -0.728. The molecular formula is C8H12N2O2S. The molecule has 0 amide bonds. The summed E-state index contributed by atoms with van der Waals surface area (Å²) in [6, 6.07) is 0. The third-order valence-corrected chi connectivity index (χ3v) is 2.26. The van der Waals surface area contributed by atoms with E-state index in [4.69, 9.17) is 5.11 Å². The lowest BCUT2D eigenvalue weighted by Gasteiger charge is -2.00. The van der Waals surface area contributed by atoms with Crippen LogP contribution < -0.4 is 5.32 Å². The highest BCUT2D eigenvalue weighted by Gasteiger charge is 1.96. The standard InChI is InChI=1S/C8H12N2O2S/c11-7(12)3-1-2-4-9-8-10-5-6-13-8/h5-6H,1-4H2,(H,9,10)(H,11,12). The third kappa shape index (κ3) is 4.47. The van der Waals surface area contributed by atoms with Crippen LogP contribution in [0.3, 0.4) is 0 Å². The van der Waals surface area contributed by atoms with E-state index in [2.05, 4.69) is 10.3 Å². The van der Waals surface area contributed by atoms with Gasteiger partial charge in [0.05, 0.1) is 0 Å². The molecule has 0 atom stereocenters. The number of nitrogens with one attached hydrogen (secondary N) is 1. The second-order valence-corrected chi connectivity index (χ2v) is 3.51. The molecule has 0 aliphatic heterocycles. The van der Waals surface area contributed by atoms with Gasteiger partial charge >= 0.3 is 5.97 Å². The molecule has 0 spiro atoms. The van der Waals surface area contributed by atoms with Gasteiger partial charge < -0.3 is 10.4 Å². The zero-order valence-corrected chi connectivity index (χ0v) is 8.01. The molecule has 5 heteroatoms. The molecule has 1 aromatic heterocycles. The highest BCUT2D eigenvalue weighted by Crippen LogP contribution is 2.10. The first-order valence-electron chi connectivity index (χ1n) is 4.14. The first-order chi connectivity index (χ1) is 6.29. The molecule has 1 heterocycles. The van der Waals surface area contributed by atoms with Crippen molar-refractivity contribution < 1.29 is 9.90 Å². The number of carboxylic acid groups (broad SMARTS) is 1. The van der Waals surface area contributed by atoms with Crippen molar-refractivity contribution in [2.24, 2.45) is 0 Å². The number of hydrogen-bond donors (Lipinski definition) is 2. The number of nitrogens with zero attached hydrogens (tertiary/aromatic N) is 1. The van der Waals surface area contributed by atoms with E-state index in [1.54, 1.807) is 17.5 Å². The Hall–Kier alpha value is -1.10. The molecule has 0 radical (unpaired) electrons. The van der Waals surface area contributed by atoms with Crippen molar-refractivity contribution in [1.82, 2.24) is 4.98 Å². The number of rotatable bonds is 6. The molecule has 0 unspecified atom stereocenters. The van der Waals surface area contributed by atoms with Crippen LogP contribution in [0.4, 0.5) is 5.13 Å². The van der Waals surface area contributed by atoms with E-state index >= 15 is 0 Å². The predicted octanol–water partition coefficient (Wildman–Crippen LogP) is 1.81. The molecule has 1 rings (SSSR count). The Labute approximate surface area is 80.6 Å². The van der Waals surface area contributed by atoms with Gasteiger partial charge in [0, 0.05) is 24.5 Å². The average Bonchev–Trinajstić information content (AvgIpc) is 2.55. The maximum atomic E-state index is 10.2. The highest BCUT2D eigenvalue weighted by molar-refractivity contribution is 7.13. The number of carboxylic acids is 1. The quantitative estimate of drug-likeness (QED) is 0.687. The zero-order valence-electron chi connectivity index (χ0n) is 7.19. The summed E-state index contributed by atoms with van der Waals surface area (Å²) >= 11 is 1.55. The number of anilines is 1. The average molecular weight is 200 g/mol. The molecule has 0 fully saturated rings. The van der Waals surface area contributed by atoms with Crippen LogP contribution in [0.5, 0.6) is 0 Å². The van der Waals surface area contributed by atoms with Crippen LogP contribution in [0.2, 0.25) is 0 Å². The minimum absolute atomic E-state index is 0.250. The minimum Gasteiger partial charge on any atom is -0.481 e.